The van der Waals surface area contributed by atoms with Gasteiger partial charge in [-0.2, -0.15) is 37.4 Å². The number of aromatic nitrogens is 7. The summed E-state index contributed by atoms with van der Waals surface area (Å²) in [7, 11) is 0. The smallest absolute Gasteiger partial charge is 0.431 e. The molecule has 0 fully saturated rings. The minimum absolute atomic E-state index is 0. The van der Waals surface area contributed by atoms with E-state index in [1.54, 1.807) is 63.7 Å². The first-order chi connectivity index (χ1) is 27.2. The molecule has 0 amide bonds. The van der Waals surface area contributed by atoms with Crippen LogP contribution in [-0.4, -0.2) is 19.2 Å². The molecular weight excluding hydrogens is 940 g/mol. The maximum atomic E-state index is 13.0. The van der Waals surface area contributed by atoms with Crippen molar-refractivity contribution in [2.45, 2.75) is 33.9 Å². The second-order valence-corrected chi connectivity index (χ2v) is 12.4. The number of benzene rings is 4. The number of rotatable bonds is 5. The Labute approximate surface area is 343 Å². The molecule has 299 valence electrons. The summed E-state index contributed by atoms with van der Waals surface area (Å²) in [5, 5.41) is 6.47. The van der Waals surface area contributed by atoms with Gasteiger partial charge in [0.1, 0.15) is 17.3 Å². The predicted octanol–water partition coefficient (Wildman–Crippen LogP) is 8.62. The number of hydrogen-bond acceptors (Lipinski definition) is 2. The zero-order valence-electron chi connectivity index (χ0n) is 31.1. The summed E-state index contributed by atoms with van der Waals surface area (Å²) in [6.45, 7) is 7.80. The van der Waals surface area contributed by atoms with Crippen LogP contribution in [-0.2, 0) is 26.3 Å². The third kappa shape index (κ3) is 10.0. The van der Waals surface area contributed by atoms with Crippen LogP contribution in [0.25, 0.3) is 34.1 Å². The van der Waals surface area contributed by atoms with Crippen molar-refractivity contribution in [3.8, 4) is 34.1 Å². The Balaban J connectivity index is 0.000000167. The zero-order chi connectivity index (χ0) is 40.9. The van der Waals surface area contributed by atoms with Crippen LogP contribution in [0.4, 0.5) is 30.7 Å². The Morgan fingerprint density at radius 2 is 1.05 bits per heavy atom. The fraction of sp³-hybridized carbons (Fsp3) is 0.116. The molecule has 0 saturated heterocycles. The quantitative estimate of drug-likeness (QED) is 0.0988. The van der Waals surface area contributed by atoms with Crippen LogP contribution in [0.3, 0.4) is 0 Å². The van der Waals surface area contributed by atoms with Crippen LogP contribution in [0, 0.1) is 75.8 Å². The number of nitrogens with zero attached hydrogens (tertiary/aromatic N) is 7. The van der Waals surface area contributed by atoms with Crippen molar-refractivity contribution in [3.63, 3.8) is 0 Å². The predicted molar refractivity (Wildman–Crippen MR) is 195 cm³/mol. The van der Waals surface area contributed by atoms with E-state index in [1.165, 1.54) is 54.7 Å². The topological polar surface area (TPSA) is 57.5 Å². The van der Waals surface area contributed by atoms with Gasteiger partial charge >= 0.3 is 6.18 Å². The number of halogens is 7. The first-order valence-corrected chi connectivity index (χ1v) is 17.1. The molecule has 0 N–H and O–H groups in total. The molecule has 15 heteroatoms. The van der Waals surface area contributed by atoms with Crippen molar-refractivity contribution >= 4 is 0 Å². The van der Waals surface area contributed by atoms with E-state index in [4.69, 9.17) is 0 Å². The Hall–Kier alpha value is -6.18. The summed E-state index contributed by atoms with van der Waals surface area (Å²) in [5.41, 5.74) is 6.42. The number of imidazole rings is 2. The molecule has 58 heavy (non-hydrogen) atoms. The Morgan fingerprint density at radius 1 is 0.603 bits per heavy atom. The van der Waals surface area contributed by atoms with Crippen LogP contribution >= 0.6 is 0 Å². The molecule has 0 aliphatic heterocycles. The first-order valence-electron chi connectivity index (χ1n) is 17.1. The summed E-state index contributed by atoms with van der Waals surface area (Å²) in [5.74, 6) is -1.21. The van der Waals surface area contributed by atoms with Crippen molar-refractivity contribution in [2.24, 2.45) is 0 Å². The summed E-state index contributed by atoms with van der Waals surface area (Å²) >= 11 is 0. The molecule has 0 aliphatic rings. The van der Waals surface area contributed by atoms with Gasteiger partial charge in [0.05, 0.1) is 22.8 Å². The summed E-state index contributed by atoms with van der Waals surface area (Å²) in [4.78, 5) is 3.87. The minimum atomic E-state index is -4.46. The minimum Gasteiger partial charge on any atom is -0.573 e. The number of pyridine rings is 1. The molecule has 4 aromatic heterocycles. The molecule has 1 radical (unpaired) electrons. The van der Waals surface area contributed by atoms with E-state index in [-0.39, 0.29) is 49.1 Å². The maximum Gasteiger partial charge on any atom is 0.431 e. The van der Waals surface area contributed by atoms with Crippen LogP contribution in [0.15, 0.2) is 115 Å². The van der Waals surface area contributed by atoms with Crippen molar-refractivity contribution < 1.29 is 60.0 Å². The molecule has 0 saturated carbocycles. The normalized spacial score (nSPS) is 10.9. The molecule has 0 spiro atoms. The van der Waals surface area contributed by atoms with Gasteiger partial charge < -0.3 is 19.3 Å². The van der Waals surface area contributed by atoms with Gasteiger partial charge in [0, 0.05) is 55.0 Å². The average Bonchev–Trinajstić information content (AvgIpc) is 3.91. The molecule has 4 aromatic carbocycles. The van der Waals surface area contributed by atoms with Gasteiger partial charge in [-0.05, 0) is 106 Å². The van der Waals surface area contributed by atoms with Crippen molar-refractivity contribution in [3.05, 3.63) is 192 Å². The van der Waals surface area contributed by atoms with E-state index >= 15 is 0 Å². The third-order valence-corrected chi connectivity index (χ3v) is 8.71. The van der Waals surface area contributed by atoms with E-state index in [0.29, 0.717) is 17.1 Å². The van der Waals surface area contributed by atoms with E-state index in [2.05, 4.69) is 40.0 Å². The maximum absolute atomic E-state index is 13.0. The number of hydrogen-bond donors (Lipinski definition) is 0. The van der Waals surface area contributed by atoms with Gasteiger partial charge in [0.2, 0.25) is 0 Å². The fourth-order valence-electron chi connectivity index (χ4n) is 5.45. The van der Waals surface area contributed by atoms with Crippen LogP contribution in [0.5, 0.6) is 0 Å². The van der Waals surface area contributed by atoms with E-state index < -0.39 is 11.9 Å². The molecule has 0 atom stereocenters. The second kappa shape index (κ2) is 18.4. The van der Waals surface area contributed by atoms with Crippen molar-refractivity contribution in [1.29, 1.82) is 0 Å². The molecule has 7 nitrogen and oxygen atoms in total. The molecule has 0 unspecified atom stereocenters. The standard InChI is InChI=1S/2C17H13F2N2.C9H5F3N3.Ir/c2*1-12-13(2)21(17-9-5-15(19)6-10-17)11-20(12)16-7-3-14(18)4-8-16;10-9(11,12)8-5-7(14-15-8)6-3-1-2-4-13-6;/h2*3-9H,1-2H3;1-5H;/q3*-1;. The van der Waals surface area contributed by atoms with E-state index in [1.807, 2.05) is 36.8 Å². The molecule has 4 heterocycles. The Kier molecular flexibility index (Phi) is 13.6. The molecule has 0 bridgehead atoms. The van der Waals surface area contributed by atoms with Crippen LogP contribution in [0.1, 0.15) is 28.5 Å². The third-order valence-electron chi connectivity index (χ3n) is 8.71. The largest absolute Gasteiger partial charge is 0.573 e. The fourth-order valence-corrected chi connectivity index (χ4v) is 5.45. The van der Waals surface area contributed by atoms with Crippen molar-refractivity contribution in [1.82, 2.24) is 24.3 Å². The van der Waals surface area contributed by atoms with Crippen molar-refractivity contribution in [2.75, 3.05) is 0 Å². The molecular formula is C43H31F7IrN7-3. The second-order valence-electron chi connectivity index (χ2n) is 12.4. The van der Waals surface area contributed by atoms with Gasteiger partial charge in [-0.3, -0.25) is 22.9 Å². The molecule has 8 aromatic rings. The van der Waals surface area contributed by atoms with Crippen LogP contribution in [0.2, 0.25) is 0 Å². The average molecular weight is 971 g/mol. The number of alkyl halides is 3. The first kappa shape index (κ1) is 43.0. The summed E-state index contributed by atoms with van der Waals surface area (Å²) in [6, 6.07) is 32.6. The zero-order valence-corrected chi connectivity index (χ0v) is 33.5. The van der Waals surface area contributed by atoms with Gasteiger partial charge in [0.25, 0.3) is 12.7 Å². The Bertz CT molecular complexity index is 2290. The van der Waals surface area contributed by atoms with Gasteiger partial charge in [0.15, 0.2) is 0 Å². The van der Waals surface area contributed by atoms with Gasteiger partial charge in [-0.15, -0.1) is 24.3 Å². The molecule has 0 aliphatic carbocycles. The summed E-state index contributed by atoms with van der Waals surface area (Å²) in [6.07, 6.45) is 3.38. The monoisotopic (exact) mass is 971 g/mol. The van der Waals surface area contributed by atoms with E-state index in [0.717, 1.165) is 40.2 Å². The Morgan fingerprint density at radius 3 is 1.41 bits per heavy atom. The van der Waals surface area contributed by atoms with Gasteiger partial charge in [-0.1, -0.05) is 11.8 Å². The SMILES string of the molecule is Cc1c(C)[n+](-c2ccc(F)cc2)[c-]n1-c1[c-]cc(F)cc1.Cc1c(C)[n+](-c2ccc(F)cc2)[c-]n1-c1[c-]cc(F)cc1.FC(F)(F)c1cc(-c2ccccn2)[n-]n1.[Ir]. The van der Waals surface area contributed by atoms with Gasteiger partial charge in [-0.25, -0.2) is 8.78 Å². The summed E-state index contributed by atoms with van der Waals surface area (Å²) < 4.78 is 95.9. The van der Waals surface area contributed by atoms with Crippen LogP contribution < -0.4 is 14.2 Å². The van der Waals surface area contributed by atoms with E-state index in [9.17, 15) is 30.7 Å². The molecule has 8 rings (SSSR count).